The maximum absolute atomic E-state index is 13.4. The third kappa shape index (κ3) is 12.8. The van der Waals surface area contributed by atoms with Crippen LogP contribution in [0.15, 0.2) is 4.79 Å². The second-order valence-corrected chi connectivity index (χ2v) is 14.2. The minimum absolute atomic E-state index is 0.00740. The highest BCUT2D eigenvalue weighted by Crippen LogP contribution is 2.30. The number of aliphatic hydroxyl groups excluding tert-OH is 1. The molecule has 0 spiro atoms. The van der Waals surface area contributed by atoms with Crippen LogP contribution in [0, 0.1) is 0 Å². The number of hydrogen-bond donors (Lipinski definition) is 6. The Labute approximate surface area is 274 Å². The average Bonchev–Trinajstić information content (AvgIpc) is 2.87. The summed E-state index contributed by atoms with van der Waals surface area (Å²) >= 11 is 0. The molecule has 1 aromatic heterocycles. The molecule has 1 aliphatic heterocycles. The van der Waals surface area contributed by atoms with Gasteiger partial charge in [0.2, 0.25) is 5.95 Å². The fraction of sp³-hybridized carbons (Fsp3) is 0.733. The smallest absolute Gasteiger partial charge is 0.415 e. The highest BCUT2D eigenvalue weighted by atomic mass is 16.6. The lowest BCUT2D eigenvalue weighted by molar-refractivity contribution is -0.157. The van der Waals surface area contributed by atoms with Gasteiger partial charge < -0.3 is 45.7 Å². The van der Waals surface area contributed by atoms with Crippen molar-refractivity contribution in [1.82, 2.24) is 20.6 Å². The van der Waals surface area contributed by atoms with Crippen LogP contribution in [0.25, 0.3) is 0 Å². The molecule has 0 fully saturated rings. The molecule has 4 unspecified atom stereocenters. The second kappa shape index (κ2) is 15.5. The van der Waals surface area contributed by atoms with Gasteiger partial charge in [0, 0.05) is 13.1 Å². The number of ether oxygens (including phenoxy) is 4. The van der Waals surface area contributed by atoms with Gasteiger partial charge >= 0.3 is 24.2 Å². The minimum Gasteiger partial charge on any atom is -0.458 e. The number of hydrogen-bond acceptors (Lipinski definition) is 13. The highest BCUT2D eigenvalue weighted by molar-refractivity contribution is 5.93. The number of aromatic amines is 1. The van der Waals surface area contributed by atoms with Crippen molar-refractivity contribution in [2.24, 2.45) is 0 Å². The van der Waals surface area contributed by atoms with Gasteiger partial charge in [0.1, 0.15) is 35.1 Å². The summed E-state index contributed by atoms with van der Waals surface area (Å²) in [7, 11) is 0. The number of anilines is 3. The molecule has 17 heteroatoms. The van der Waals surface area contributed by atoms with Crippen molar-refractivity contribution < 1.29 is 43.2 Å². The molecule has 0 saturated carbocycles. The first-order valence-corrected chi connectivity index (χ1v) is 15.5. The van der Waals surface area contributed by atoms with E-state index in [0.29, 0.717) is 12.8 Å². The Morgan fingerprint density at radius 3 is 2.13 bits per heavy atom. The number of amides is 3. The number of nitrogens with zero attached hydrogens (tertiary/aromatic N) is 2. The van der Waals surface area contributed by atoms with Crippen LogP contribution in [0.4, 0.5) is 31.8 Å². The molecule has 4 atom stereocenters. The van der Waals surface area contributed by atoms with E-state index in [-0.39, 0.29) is 37.0 Å². The SMILES string of the molecule is CC(OC(=O)C(CCCCNC(=O)OC(C)(C)C)NC(=O)OC(C)(C)C)C(O)C1CNc2nc(N)[nH]c(=O)c2N1C(=O)OC(C)(C)C. The van der Waals surface area contributed by atoms with Crippen molar-refractivity contribution in [3.05, 3.63) is 10.4 Å². The number of esters is 1. The molecule has 47 heavy (non-hydrogen) atoms. The number of unbranched alkanes of at least 4 members (excludes halogenated alkanes) is 1. The van der Waals surface area contributed by atoms with Crippen LogP contribution < -0.4 is 32.1 Å². The number of nitrogens with two attached hydrogens (primary N) is 1. The van der Waals surface area contributed by atoms with E-state index in [1.165, 1.54) is 6.92 Å². The molecular weight excluding hydrogens is 618 g/mol. The van der Waals surface area contributed by atoms with E-state index < -0.39 is 70.9 Å². The third-order valence-corrected chi connectivity index (χ3v) is 6.30. The monoisotopic (exact) mass is 669 g/mol. The van der Waals surface area contributed by atoms with E-state index in [9.17, 15) is 29.1 Å². The van der Waals surface area contributed by atoms with Crippen molar-refractivity contribution in [1.29, 1.82) is 0 Å². The molecule has 0 aromatic carbocycles. The lowest BCUT2D eigenvalue weighted by atomic mass is 10.0. The Kier molecular flexibility index (Phi) is 12.9. The predicted octanol–water partition coefficient (Wildman–Crippen LogP) is 2.77. The zero-order valence-corrected chi connectivity index (χ0v) is 28.9. The number of H-pyrrole nitrogens is 1. The minimum atomic E-state index is -1.54. The van der Waals surface area contributed by atoms with Gasteiger partial charge in [-0.2, -0.15) is 4.98 Å². The average molecular weight is 670 g/mol. The Balaban J connectivity index is 2.21. The number of alkyl carbamates (subject to hydrolysis) is 2. The Morgan fingerprint density at radius 1 is 0.979 bits per heavy atom. The molecule has 1 aromatic rings. The first kappa shape index (κ1) is 38.9. The maximum atomic E-state index is 13.4. The molecule has 1 aliphatic rings. The van der Waals surface area contributed by atoms with Crippen LogP contribution in [0.1, 0.15) is 88.5 Å². The Morgan fingerprint density at radius 2 is 1.55 bits per heavy atom. The third-order valence-electron chi connectivity index (χ3n) is 6.30. The Hall–Kier alpha value is -4.28. The highest BCUT2D eigenvalue weighted by Gasteiger charge is 2.43. The first-order chi connectivity index (χ1) is 21.5. The molecule has 0 bridgehead atoms. The van der Waals surface area contributed by atoms with Gasteiger partial charge in [0.25, 0.3) is 5.56 Å². The number of aromatic nitrogens is 2. The van der Waals surface area contributed by atoms with E-state index in [2.05, 4.69) is 25.9 Å². The summed E-state index contributed by atoms with van der Waals surface area (Å²) < 4.78 is 21.6. The second-order valence-electron chi connectivity index (χ2n) is 14.2. The van der Waals surface area contributed by atoms with E-state index in [1.54, 1.807) is 62.3 Å². The number of fused-ring (bicyclic) bond motifs is 1. The van der Waals surface area contributed by atoms with Gasteiger partial charge in [-0.1, -0.05) is 0 Å². The molecule has 266 valence electrons. The van der Waals surface area contributed by atoms with E-state index in [4.69, 9.17) is 24.7 Å². The predicted molar refractivity (Wildman–Crippen MR) is 173 cm³/mol. The molecule has 0 radical (unpaired) electrons. The van der Waals surface area contributed by atoms with Crippen LogP contribution in [0.5, 0.6) is 0 Å². The molecule has 17 nitrogen and oxygen atoms in total. The number of aliphatic hydroxyl groups is 1. The normalized spacial score (nSPS) is 16.8. The number of carbonyl (C=O) groups is 4. The molecule has 3 amide bonds. The molecule has 0 aliphatic carbocycles. The summed E-state index contributed by atoms with van der Waals surface area (Å²) in [5.74, 6) is -1.05. The fourth-order valence-corrected chi connectivity index (χ4v) is 4.43. The van der Waals surface area contributed by atoms with Crippen molar-refractivity contribution in [3.8, 4) is 0 Å². The van der Waals surface area contributed by atoms with Gasteiger partial charge in [-0.05, 0) is 88.5 Å². The first-order valence-electron chi connectivity index (χ1n) is 15.5. The van der Waals surface area contributed by atoms with Crippen molar-refractivity contribution in [2.45, 2.75) is 130 Å². The van der Waals surface area contributed by atoms with Crippen molar-refractivity contribution in [3.63, 3.8) is 0 Å². The standard InChI is InChI=1S/C30H51N7O10/c1-16(20(38)18-15-33-21-19(22(39)36-24(31)35-21)37(18)27(43)47-30(8,9)10)44-23(40)17(34-26(42)46-29(5,6)7)13-11-12-14-32-25(41)45-28(2,3)4/h16-18,20,38H,11-15H2,1-10H3,(H,32,41)(H,34,42)(H4,31,33,35,36,39). The van der Waals surface area contributed by atoms with Crippen LogP contribution in [0.2, 0.25) is 0 Å². The van der Waals surface area contributed by atoms with E-state index >= 15 is 0 Å². The molecule has 0 saturated heterocycles. The summed E-state index contributed by atoms with van der Waals surface area (Å²) in [6, 6.07) is -2.33. The summed E-state index contributed by atoms with van der Waals surface area (Å²) in [6.07, 6.45) is -4.20. The summed E-state index contributed by atoms with van der Waals surface area (Å²) in [5.41, 5.74) is 2.24. The largest absolute Gasteiger partial charge is 0.458 e. The number of rotatable bonds is 10. The van der Waals surface area contributed by atoms with E-state index in [1.807, 2.05) is 0 Å². The Bertz CT molecular complexity index is 1330. The molecule has 2 rings (SSSR count). The fourth-order valence-electron chi connectivity index (χ4n) is 4.43. The zero-order chi connectivity index (χ0) is 35.9. The maximum Gasteiger partial charge on any atom is 0.415 e. The zero-order valence-electron chi connectivity index (χ0n) is 28.9. The summed E-state index contributed by atoms with van der Waals surface area (Å²) in [5, 5.41) is 19.4. The van der Waals surface area contributed by atoms with Gasteiger partial charge in [-0.3, -0.25) is 14.7 Å². The molecule has 2 heterocycles. The summed E-state index contributed by atoms with van der Waals surface area (Å²) in [4.78, 5) is 71.5. The number of nitrogens with one attached hydrogen (secondary N) is 4. The lowest BCUT2D eigenvalue weighted by Gasteiger charge is -2.40. The van der Waals surface area contributed by atoms with Crippen LogP contribution in [-0.2, 0) is 23.7 Å². The summed E-state index contributed by atoms with van der Waals surface area (Å²) in [6.45, 7) is 16.7. The van der Waals surface area contributed by atoms with Gasteiger partial charge in [-0.15, -0.1) is 0 Å². The van der Waals surface area contributed by atoms with Crippen LogP contribution in [-0.4, -0.2) is 93.5 Å². The topological polar surface area (TPSA) is 237 Å². The molecular formula is C30H51N7O10. The number of nitrogen functional groups attached to an aromatic ring is 1. The van der Waals surface area contributed by atoms with Gasteiger partial charge in [0.05, 0.1) is 6.04 Å². The van der Waals surface area contributed by atoms with Crippen LogP contribution in [0.3, 0.4) is 0 Å². The van der Waals surface area contributed by atoms with Gasteiger partial charge in [-0.25, -0.2) is 19.2 Å². The molecule has 7 N–H and O–H groups in total. The van der Waals surface area contributed by atoms with Crippen LogP contribution >= 0.6 is 0 Å². The van der Waals surface area contributed by atoms with Crippen molar-refractivity contribution in [2.75, 3.05) is 29.0 Å². The lowest BCUT2D eigenvalue weighted by Crippen LogP contribution is -2.59. The van der Waals surface area contributed by atoms with E-state index in [0.717, 1.165) is 4.90 Å². The van der Waals surface area contributed by atoms with Gasteiger partial charge in [0.15, 0.2) is 11.5 Å². The quantitative estimate of drug-likeness (QED) is 0.120. The van der Waals surface area contributed by atoms with Crippen molar-refractivity contribution >= 4 is 41.7 Å². The number of carbonyl (C=O) groups excluding carboxylic acids is 4.